The third-order valence-electron chi connectivity index (χ3n) is 9.49. The van der Waals surface area contributed by atoms with Crippen molar-refractivity contribution in [2.45, 2.75) is 168 Å². The van der Waals surface area contributed by atoms with Crippen molar-refractivity contribution in [1.29, 1.82) is 0 Å². The average molecular weight is 701 g/mol. The van der Waals surface area contributed by atoms with Crippen molar-refractivity contribution in [2.75, 3.05) is 0 Å². The van der Waals surface area contributed by atoms with E-state index in [1.165, 1.54) is 0 Å². The molecule has 0 aliphatic rings. The number of rotatable bonds is 15. The maximum atomic E-state index is 11.3. The molecule has 0 spiro atoms. The molecule has 0 aromatic heterocycles. The first-order valence-electron chi connectivity index (χ1n) is 15.5. The summed E-state index contributed by atoms with van der Waals surface area (Å²) in [7, 11) is 0. The zero-order chi connectivity index (χ0) is 32.3. The van der Waals surface area contributed by atoms with Gasteiger partial charge in [-0.05, 0) is 0 Å². The van der Waals surface area contributed by atoms with Crippen molar-refractivity contribution in [1.82, 2.24) is 0 Å². The van der Waals surface area contributed by atoms with Gasteiger partial charge in [-0.25, -0.2) is 0 Å². The molecule has 6 atom stereocenters. The predicted molar refractivity (Wildman–Crippen MR) is 164 cm³/mol. The third-order valence-corrected chi connectivity index (χ3v) is 24.8. The molecule has 0 rings (SSSR count). The van der Waals surface area contributed by atoms with Crippen LogP contribution in [0.1, 0.15) is 123 Å². The van der Waals surface area contributed by atoms with Gasteiger partial charge in [-0.15, -0.1) is 0 Å². The van der Waals surface area contributed by atoms with Crippen molar-refractivity contribution in [3.05, 3.63) is 0 Å². The van der Waals surface area contributed by atoms with Crippen molar-refractivity contribution < 1.29 is 60.6 Å². The van der Waals surface area contributed by atoms with Crippen LogP contribution in [0, 0.1) is 62.5 Å². The van der Waals surface area contributed by atoms with Crippen molar-refractivity contribution in [2.24, 2.45) is 32.5 Å². The van der Waals surface area contributed by atoms with Crippen molar-refractivity contribution in [3.8, 4) is 0 Å². The molecule has 0 saturated heterocycles. The van der Waals surface area contributed by atoms with Gasteiger partial charge in [0.05, 0.1) is 0 Å². The monoisotopic (exact) mass is 700 g/mol. The summed E-state index contributed by atoms with van der Waals surface area (Å²) in [6.07, 6.45) is -2.94. The Bertz CT molecular complexity index is 644. The predicted octanol–water partition coefficient (Wildman–Crippen LogP) is 6.41. The van der Waals surface area contributed by atoms with Crippen LogP contribution in [0.5, 0.6) is 0 Å². The Hall–Kier alpha value is 0.955. The van der Waals surface area contributed by atoms with Crippen molar-refractivity contribution in [3.63, 3.8) is 0 Å². The summed E-state index contributed by atoms with van der Waals surface area (Å²) in [5.41, 5.74) is -2.22. The van der Waals surface area contributed by atoms with Crippen LogP contribution in [0.3, 0.4) is 0 Å². The molecule has 0 heterocycles. The molecule has 7 heteroatoms. The number of aliphatic hydroxyl groups is 6. The second-order valence-electron chi connectivity index (χ2n) is 18.3. The molecule has 240 valence electrons. The molecule has 0 radical (unpaired) electrons. The summed E-state index contributed by atoms with van der Waals surface area (Å²) in [4.78, 5) is 0. The first kappa shape index (κ1) is 41.0. The van der Waals surface area contributed by atoms with Crippen LogP contribution in [0.2, 0.25) is 8.47 Å². The van der Waals surface area contributed by atoms with Crippen LogP contribution in [0.4, 0.5) is 0 Å². The minimum absolute atomic E-state index is 0.310. The van der Waals surface area contributed by atoms with Gasteiger partial charge in [0.1, 0.15) is 0 Å². The van der Waals surface area contributed by atoms with Gasteiger partial charge < -0.3 is 0 Å². The van der Waals surface area contributed by atoms with Gasteiger partial charge in [0.15, 0.2) is 0 Å². The van der Waals surface area contributed by atoms with Crippen LogP contribution in [-0.2, 0) is 0 Å². The van der Waals surface area contributed by atoms with Gasteiger partial charge in [-0.2, -0.15) is 0 Å². The van der Waals surface area contributed by atoms with Crippen LogP contribution < -0.4 is 0 Å². The summed E-state index contributed by atoms with van der Waals surface area (Å²) in [5, 5.41) is 66.1. The van der Waals surface area contributed by atoms with Crippen LogP contribution in [-0.4, -0.2) is 67.3 Å². The Kier molecular flexibility index (Phi) is 15.2. The zero-order valence-corrected chi connectivity index (χ0v) is 32.6. The van der Waals surface area contributed by atoms with Gasteiger partial charge in [0.25, 0.3) is 0 Å². The van der Waals surface area contributed by atoms with Crippen molar-refractivity contribution >= 4 is 0 Å². The van der Waals surface area contributed by atoms with E-state index in [9.17, 15) is 30.6 Å². The quantitative estimate of drug-likeness (QED) is 0.117. The second kappa shape index (κ2) is 14.8. The first-order chi connectivity index (χ1) is 17.4. The molecule has 0 aromatic carbocycles. The SMILES string of the molecule is CC(C)(C)C(O)CC(O)C(C)(C)[CH2][La]([CH2]C(C)(C)C(O)CC(O)C(C)(C)C)[CH2]C(C)(C)C(O)CC(O)C(C)(C)C. The molecular weight excluding hydrogens is 631 g/mol. The topological polar surface area (TPSA) is 121 Å². The van der Waals surface area contributed by atoms with E-state index in [4.69, 9.17) is 0 Å². The van der Waals surface area contributed by atoms with E-state index in [1.807, 2.05) is 62.3 Å². The molecule has 0 amide bonds. The Morgan fingerprint density at radius 2 is 0.525 bits per heavy atom. The fraction of sp³-hybridized carbons (Fsp3) is 1.00. The average Bonchev–Trinajstić information content (AvgIpc) is 2.70. The maximum absolute atomic E-state index is 11.3. The van der Waals surface area contributed by atoms with E-state index >= 15 is 0 Å². The van der Waals surface area contributed by atoms with E-state index in [-0.39, 0.29) is 16.2 Å². The van der Waals surface area contributed by atoms with Gasteiger partial charge >= 0.3 is 261 Å². The van der Waals surface area contributed by atoms with E-state index in [2.05, 4.69) is 41.5 Å². The summed E-state index contributed by atoms with van der Waals surface area (Å²) in [6, 6.07) is 0. The van der Waals surface area contributed by atoms with Gasteiger partial charge in [-0.1, -0.05) is 0 Å². The normalized spacial score (nSPS) is 19.1. The van der Waals surface area contributed by atoms with Gasteiger partial charge in [0.2, 0.25) is 0 Å². The van der Waals surface area contributed by atoms with E-state index in [0.29, 0.717) is 19.3 Å². The molecule has 0 fully saturated rings. The standard InChI is InChI=1S/3C11H23O2.La/c3*1-10(2,3)8(12)7-9(13)11(4,5)6;/h3*8-9,12-13H,1,7H2,2-6H3;. The molecule has 6 nitrogen and oxygen atoms in total. The number of hydrogen-bond acceptors (Lipinski definition) is 6. The van der Waals surface area contributed by atoms with Crippen LogP contribution >= 0.6 is 0 Å². The zero-order valence-electron chi connectivity index (χ0n) is 29.0. The summed E-state index contributed by atoms with van der Waals surface area (Å²) in [5.74, 6) is 0. The van der Waals surface area contributed by atoms with Gasteiger partial charge in [-0.3, -0.25) is 0 Å². The third kappa shape index (κ3) is 13.7. The molecule has 6 N–H and O–H groups in total. The minimum atomic E-state index is -2.84. The van der Waals surface area contributed by atoms with E-state index < -0.39 is 82.9 Å². The fourth-order valence-corrected chi connectivity index (χ4v) is 23.4. The molecule has 6 unspecified atom stereocenters. The molecule has 0 aliphatic heterocycles. The Labute approximate surface area is 259 Å². The summed E-state index contributed by atoms with van der Waals surface area (Å²) in [6.45, 7) is 30.3. The first-order valence-corrected chi connectivity index (χ1v) is 23.2. The number of aliphatic hydroxyl groups excluding tert-OH is 6. The molecular formula is C33H69LaO6. The summed E-state index contributed by atoms with van der Waals surface area (Å²) < 4.78 is 2.59. The van der Waals surface area contributed by atoms with E-state index in [1.54, 1.807) is 0 Å². The summed E-state index contributed by atoms with van der Waals surface area (Å²) >= 11 is -2.84. The Morgan fingerprint density at radius 1 is 0.350 bits per heavy atom. The molecule has 0 bridgehead atoms. The Balaban J connectivity index is 6.10. The Morgan fingerprint density at radius 3 is 0.675 bits per heavy atom. The van der Waals surface area contributed by atoms with Gasteiger partial charge in [0, 0.05) is 0 Å². The fourth-order valence-electron chi connectivity index (χ4n) is 5.51. The molecule has 40 heavy (non-hydrogen) atoms. The second-order valence-corrected chi connectivity index (χ2v) is 27.6. The number of hydrogen-bond donors (Lipinski definition) is 6. The van der Waals surface area contributed by atoms with E-state index in [0.717, 1.165) is 8.47 Å². The molecule has 0 aliphatic carbocycles. The molecule has 0 aromatic rings. The van der Waals surface area contributed by atoms with Crippen LogP contribution in [0.25, 0.3) is 0 Å². The molecule has 0 saturated carbocycles. The van der Waals surface area contributed by atoms with Crippen LogP contribution in [0.15, 0.2) is 0 Å².